The highest BCUT2D eigenvalue weighted by molar-refractivity contribution is 5.65. The molecule has 0 radical (unpaired) electrons. The summed E-state index contributed by atoms with van der Waals surface area (Å²) in [4.78, 5) is 0. The lowest BCUT2D eigenvalue weighted by molar-refractivity contribution is 0.132. The van der Waals surface area contributed by atoms with Gasteiger partial charge < -0.3 is 16.2 Å². The van der Waals surface area contributed by atoms with Gasteiger partial charge in [0.1, 0.15) is 5.82 Å². The van der Waals surface area contributed by atoms with Crippen molar-refractivity contribution < 1.29 is 9.50 Å². The normalized spacial score (nSPS) is 13.5. The molecule has 1 unspecified atom stereocenters. The fraction of sp³-hybridized carbons (Fsp3) is 0.538. The predicted octanol–water partition coefficient (Wildman–Crippen LogP) is 2.62. The van der Waals surface area contributed by atoms with E-state index in [0.29, 0.717) is 24.3 Å². The lowest BCUT2D eigenvalue weighted by atomic mass is 9.89. The van der Waals surface area contributed by atoms with Crippen LogP contribution in [0, 0.1) is 11.2 Å². The van der Waals surface area contributed by atoms with Crippen molar-refractivity contribution in [3.05, 3.63) is 24.0 Å². The molecule has 1 aromatic rings. The van der Waals surface area contributed by atoms with Crippen LogP contribution in [0.2, 0.25) is 0 Å². The summed E-state index contributed by atoms with van der Waals surface area (Å²) >= 11 is 0. The molecule has 0 aromatic heterocycles. The Morgan fingerprint density at radius 1 is 1.41 bits per heavy atom. The van der Waals surface area contributed by atoms with Gasteiger partial charge >= 0.3 is 0 Å². The van der Waals surface area contributed by atoms with Gasteiger partial charge in [0.05, 0.1) is 17.5 Å². The van der Waals surface area contributed by atoms with Crippen LogP contribution in [0.3, 0.4) is 0 Å². The number of aliphatic hydroxyl groups is 1. The number of halogens is 1. The third-order valence-corrected chi connectivity index (χ3v) is 2.39. The Morgan fingerprint density at radius 3 is 2.59 bits per heavy atom. The van der Waals surface area contributed by atoms with Crippen molar-refractivity contribution in [1.29, 1.82) is 0 Å². The lowest BCUT2D eigenvalue weighted by Crippen LogP contribution is -2.25. The summed E-state index contributed by atoms with van der Waals surface area (Å²) in [6.07, 6.45) is 0.251. The number of nitrogens with two attached hydrogens (primary N) is 1. The van der Waals surface area contributed by atoms with Crippen LogP contribution < -0.4 is 11.1 Å². The zero-order chi connectivity index (χ0) is 13.1. The molecule has 1 aromatic carbocycles. The van der Waals surface area contributed by atoms with Crippen LogP contribution in [-0.2, 0) is 0 Å². The molecule has 1 atom stereocenters. The van der Waals surface area contributed by atoms with Gasteiger partial charge in [-0.3, -0.25) is 0 Å². The van der Waals surface area contributed by atoms with Gasteiger partial charge in [-0.05, 0) is 30.0 Å². The predicted molar refractivity (Wildman–Crippen MR) is 69.4 cm³/mol. The second kappa shape index (κ2) is 5.36. The molecule has 96 valence electrons. The number of benzene rings is 1. The largest absolute Gasteiger partial charge is 0.397 e. The van der Waals surface area contributed by atoms with E-state index in [0.717, 1.165) is 0 Å². The molecule has 0 saturated heterocycles. The van der Waals surface area contributed by atoms with Crippen molar-refractivity contribution in [2.24, 2.45) is 5.41 Å². The molecule has 4 heteroatoms. The van der Waals surface area contributed by atoms with Crippen molar-refractivity contribution in [2.75, 3.05) is 17.6 Å². The van der Waals surface area contributed by atoms with Gasteiger partial charge in [0.25, 0.3) is 0 Å². The van der Waals surface area contributed by atoms with Crippen LogP contribution in [-0.4, -0.2) is 17.8 Å². The summed E-state index contributed by atoms with van der Waals surface area (Å²) in [5.74, 6) is -0.358. The molecule has 0 amide bonds. The van der Waals surface area contributed by atoms with Crippen LogP contribution in [0.25, 0.3) is 0 Å². The summed E-state index contributed by atoms with van der Waals surface area (Å²) in [6.45, 7) is 6.63. The van der Waals surface area contributed by atoms with Crippen molar-refractivity contribution in [3.63, 3.8) is 0 Å². The maximum absolute atomic E-state index is 12.8. The first-order valence-corrected chi connectivity index (χ1v) is 5.75. The zero-order valence-corrected chi connectivity index (χ0v) is 10.6. The van der Waals surface area contributed by atoms with Gasteiger partial charge in [0.15, 0.2) is 0 Å². The fourth-order valence-corrected chi connectivity index (χ4v) is 1.70. The van der Waals surface area contributed by atoms with Gasteiger partial charge in [-0.2, -0.15) is 0 Å². The first-order chi connectivity index (χ1) is 7.78. The lowest BCUT2D eigenvalue weighted by Gasteiger charge is -2.23. The molecular weight excluding hydrogens is 219 g/mol. The van der Waals surface area contributed by atoms with Crippen molar-refractivity contribution in [3.8, 4) is 0 Å². The number of aliphatic hydroxyl groups excluding tert-OH is 1. The minimum atomic E-state index is -0.445. The molecule has 0 aliphatic heterocycles. The molecule has 0 bridgehead atoms. The van der Waals surface area contributed by atoms with Gasteiger partial charge in [-0.15, -0.1) is 0 Å². The van der Waals surface area contributed by atoms with E-state index in [-0.39, 0.29) is 11.2 Å². The first-order valence-electron chi connectivity index (χ1n) is 5.75. The van der Waals surface area contributed by atoms with Crippen molar-refractivity contribution in [1.82, 2.24) is 0 Å². The quantitative estimate of drug-likeness (QED) is 0.709. The second-order valence-electron chi connectivity index (χ2n) is 5.53. The van der Waals surface area contributed by atoms with Crippen LogP contribution in [0.15, 0.2) is 18.2 Å². The molecule has 0 saturated carbocycles. The maximum Gasteiger partial charge on any atom is 0.125 e. The average molecular weight is 240 g/mol. The molecule has 0 spiro atoms. The number of anilines is 2. The Balaban J connectivity index is 2.50. The van der Waals surface area contributed by atoms with Crippen LogP contribution in [0.5, 0.6) is 0 Å². The standard InChI is InChI=1S/C13H21FN2O/c1-13(2,3)7-10(17)8-16-12-5-4-9(14)6-11(12)15/h4-6,10,16-17H,7-8,15H2,1-3H3. The Bertz CT molecular complexity index is 374. The number of rotatable bonds is 4. The van der Waals surface area contributed by atoms with E-state index in [1.54, 1.807) is 6.07 Å². The number of hydrogen-bond acceptors (Lipinski definition) is 3. The fourth-order valence-electron chi connectivity index (χ4n) is 1.70. The van der Waals surface area contributed by atoms with Crippen LogP contribution >= 0.6 is 0 Å². The number of hydrogen-bond donors (Lipinski definition) is 3. The molecular formula is C13H21FN2O. The number of nitrogen functional groups attached to an aromatic ring is 1. The molecule has 0 fully saturated rings. The molecule has 1 rings (SSSR count). The number of nitrogens with one attached hydrogen (secondary N) is 1. The Labute approximate surface area is 102 Å². The summed E-state index contributed by atoms with van der Waals surface area (Å²) in [5.41, 5.74) is 6.74. The monoisotopic (exact) mass is 240 g/mol. The van der Waals surface area contributed by atoms with Crippen LogP contribution in [0.4, 0.5) is 15.8 Å². The Kier molecular flexibility index (Phi) is 4.34. The molecule has 0 heterocycles. The SMILES string of the molecule is CC(C)(C)CC(O)CNc1ccc(F)cc1N. The van der Waals surface area contributed by atoms with Crippen molar-refractivity contribution in [2.45, 2.75) is 33.3 Å². The van der Waals surface area contributed by atoms with E-state index in [4.69, 9.17) is 5.73 Å². The van der Waals surface area contributed by atoms with Gasteiger partial charge in [0.2, 0.25) is 0 Å². The van der Waals surface area contributed by atoms with E-state index < -0.39 is 6.10 Å². The van der Waals surface area contributed by atoms with Gasteiger partial charge in [0, 0.05) is 6.54 Å². The first kappa shape index (κ1) is 13.8. The molecule has 0 aliphatic carbocycles. The summed E-state index contributed by atoms with van der Waals surface area (Å²) < 4.78 is 12.8. The van der Waals surface area contributed by atoms with Gasteiger partial charge in [-0.25, -0.2) is 4.39 Å². The van der Waals surface area contributed by atoms with Crippen LogP contribution in [0.1, 0.15) is 27.2 Å². The topological polar surface area (TPSA) is 58.3 Å². The summed E-state index contributed by atoms with van der Waals surface area (Å²) in [7, 11) is 0. The van der Waals surface area contributed by atoms with E-state index in [1.165, 1.54) is 12.1 Å². The molecule has 0 aliphatic rings. The highest BCUT2D eigenvalue weighted by Crippen LogP contribution is 2.22. The third kappa shape index (κ3) is 5.04. The van der Waals surface area contributed by atoms with E-state index in [2.05, 4.69) is 26.1 Å². The minimum Gasteiger partial charge on any atom is -0.397 e. The average Bonchev–Trinajstić information content (AvgIpc) is 2.13. The van der Waals surface area contributed by atoms with E-state index in [9.17, 15) is 9.50 Å². The highest BCUT2D eigenvalue weighted by atomic mass is 19.1. The van der Waals surface area contributed by atoms with E-state index in [1.807, 2.05) is 0 Å². The highest BCUT2D eigenvalue weighted by Gasteiger charge is 2.16. The Hall–Kier alpha value is -1.29. The Morgan fingerprint density at radius 2 is 2.06 bits per heavy atom. The molecule has 4 N–H and O–H groups in total. The van der Waals surface area contributed by atoms with Crippen molar-refractivity contribution >= 4 is 11.4 Å². The zero-order valence-electron chi connectivity index (χ0n) is 10.6. The van der Waals surface area contributed by atoms with E-state index >= 15 is 0 Å². The minimum absolute atomic E-state index is 0.0788. The molecule has 3 nitrogen and oxygen atoms in total. The third-order valence-electron chi connectivity index (χ3n) is 2.39. The van der Waals surface area contributed by atoms with Gasteiger partial charge in [-0.1, -0.05) is 20.8 Å². The molecule has 17 heavy (non-hydrogen) atoms. The smallest absolute Gasteiger partial charge is 0.125 e. The summed E-state index contributed by atoms with van der Waals surface area (Å²) in [6, 6.07) is 4.18. The summed E-state index contributed by atoms with van der Waals surface area (Å²) in [5, 5.41) is 12.8. The maximum atomic E-state index is 12.8. The second-order valence-corrected chi connectivity index (χ2v) is 5.53.